The van der Waals surface area contributed by atoms with Gasteiger partial charge in [-0.2, -0.15) is 0 Å². The average Bonchev–Trinajstić information content (AvgIpc) is 1.34. The molecule has 0 radical (unpaired) electrons. The Bertz CT molecular complexity index is 2800. The third-order valence-electron chi connectivity index (χ3n) is 15.7. The van der Waals surface area contributed by atoms with E-state index in [1.165, 1.54) is 54.4 Å². The van der Waals surface area contributed by atoms with Crippen molar-refractivity contribution in [2.24, 2.45) is 35.1 Å². The first-order chi connectivity index (χ1) is 41.3. The summed E-state index contributed by atoms with van der Waals surface area (Å²) in [5.74, 6) is -4.64. The number of nitrogens with two attached hydrogens (primary N) is 2. The molecule has 4 amide bonds. The number of primary amides is 2. The summed E-state index contributed by atoms with van der Waals surface area (Å²) in [5.41, 5.74) is 12.4. The second-order valence-corrected chi connectivity index (χ2v) is 23.2. The minimum Gasteiger partial charge on any atom is -0.439 e. The van der Waals surface area contributed by atoms with Crippen molar-refractivity contribution in [1.29, 1.82) is 0 Å². The van der Waals surface area contributed by atoms with Crippen LogP contribution in [0.25, 0.3) is 0 Å². The highest BCUT2D eigenvalue weighted by Gasteiger charge is 2.38. The molecule has 0 aromatic carbocycles. The first-order valence-electron chi connectivity index (χ1n) is 29.3. The van der Waals surface area contributed by atoms with E-state index >= 15 is 0 Å². The predicted molar refractivity (Wildman–Crippen MR) is 334 cm³/mol. The van der Waals surface area contributed by atoms with E-state index in [2.05, 4.69) is 27.8 Å². The highest BCUT2D eigenvalue weighted by atomic mass is 16.6. The van der Waals surface area contributed by atoms with Gasteiger partial charge < -0.3 is 86.5 Å². The number of hydrogen-bond acceptors (Lipinski definition) is 21. The van der Waals surface area contributed by atoms with Gasteiger partial charge in [-0.3, -0.25) is 28.8 Å². The zero-order valence-electron chi connectivity index (χ0n) is 53.3. The number of hydrogen-bond donors (Lipinski definition) is 10. The largest absolute Gasteiger partial charge is 0.439 e. The highest BCUT2D eigenvalue weighted by molar-refractivity contribution is 6.24. The fraction of sp³-hybridized carbons (Fsp3) is 0.594. The third-order valence-corrected chi connectivity index (χ3v) is 15.7. The fourth-order valence-electron chi connectivity index (χ4n) is 10.8. The van der Waals surface area contributed by atoms with Crippen LogP contribution in [-0.4, -0.2) is 196 Å². The summed E-state index contributed by atoms with van der Waals surface area (Å²) in [6.45, 7) is 18.6. The number of amides is 4. The van der Waals surface area contributed by atoms with Gasteiger partial charge in [0, 0.05) is 94.4 Å². The van der Waals surface area contributed by atoms with E-state index in [9.17, 15) is 58.8 Å². The van der Waals surface area contributed by atoms with E-state index in [-0.39, 0.29) is 96.6 Å². The maximum atomic E-state index is 13.7. The van der Waals surface area contributed by atoms with Crippen LogP contribution in [0, 0.1) is 23.7 Å². The number of rotatable bonds is 13. The Labute approximate surface area is 523 Å². The second kappa shape index (κ2) is 37.3. The lowest BCUT2D eigenvalue weighted by Crippen LogP contribution is -2.43. The lowest BCUT2D eigenvalue weighted by Gasteiger charge is -2.31. The van der Waals surface area contributed by atoms with Crippen molar-refractivity contribution in [3.8, 4) is 0 Å². The van der Waals surface area contributed by atoms with Crippen molar-refractivity contribution in [2.45, 2.75) is 162 Å². The molecule has 25 heteroatoms. The number of methoxy groups -OCH3 is 4. The summed E-state index contributed by atoms with van der Waals surface area (Å²) in [4.78, 5) is 105. The molecular formula is C64H99N7O18. The minimum absolute atomic E-state index is 0. The van der Waals surface area contributed by atoms with Crippen LogP contribution in [0.2, 0.25) is 0 Å². The van der Waals surface area contributed by atoms with Gasteiger partial charge in [0.2, 0.25) is 23.1 Å². The number of aliphatic hydroxyl groups is 4. The Kier molecular flexibility index (Phi) is 32.7. The number of ketones is 4. The van der Waals surface area contributed by atoms with Gasteiger partial charge in [0.15, 0.2) is 12.2 Å². The molecule has 4 aliphatic rings. The lowest BCUT2D eigenvalue weighted by molar-refractivity contribution is -0.120. The van der Waals surface area contributed by atoms with E-state index < -0.39 is 120 Å². The standard InChI is InChI=1S/C32H50N4O9.C31H45N3O9.CH4/c1-17-13-21-26(34-11-12-36(5)6)24(38)16-22(28(21)40)35-31(41)18(2)9-10-23(37)30(44-8)29(45-32(33)42)20(4)15-19(3)27(39)25(14-17)43-7;1-8-11-33-25-20-12-16(2)13-24(41-6)26(37)18(4)14-19(5)28(43-31(32)40)29(42-7)22(35)10-9-17(3)30(39)34-21(27(20)38)15-23(25)36;/h9,15-17,19,23,25,27,29-30,34,37,39H,10-14H2,1-8H3,(H2,33,42)(H,35,41);8-9,14-16,18,22,24,26,28-29,33,35,37H,1,10-13H2,2-7H3,(H2,32,40)(H,34,39);1H4/b18-9+,20-15+;17-9+,19-14+;/t17-,19+,23?,25+,27-,29+,30+;16-,18+,22?,24+,26-,28+,29+;/m11./s1. The topological polar surface area (TPSA) is 376 Å². The molecule has 0 saturated carbocycles. The van der Waals surface area contributed by atoms with Crippen LogP contribution in [0.5, 0.6) is 0 Å². The molecule has 25 nitrogen and oxygen atoms in total. The number of likely N-dealkylation sites (N-methyl/N-ethyl adjacent to an activating group) is 1. The Balaban J connectivity index is 0.000000601. The summed E-state index contributed by atoms with van der Waals surface area (Å²) >= 11 is 0. The fourth-order valence-corrected chi connectivity index (χ4v) is 10.8. The Morgan fingerprint density at radius 3 is 1.34 bits per heavy atom. The SMILES string of the molecule is C.C=CCNC1=C2C[C@@H](C)C[C@H](OC)[C@H](O)[C@@H](C)/C=C(\C)[C@H](OC(N)=O)[C@@H](OC)C(O)C/C=C(\C)C(=O)NC(=CC1=O)C2=O.CO[C@H]1C[C@H](C)CC2=C(NCCN(C)C)C(=O)C=C(NC(=O)/C(C)=C/CC(O)[C@H](OC)[C@@H](OC(N)=O)/C(C)=C/[C@H](C)[C@H]1O)C2=O. The second-order valence-electron chi connectivity index (χ2n) is 23.2. The van der Waals surface area contributed by atoms with Crippen molar-refractivity contribution in [3.63, 3.8) is 0 Å². The molecule has 0 saturated heterocycles. The predicted octanol–water partition coefficient (Wildman–Crippen LogP) is 3.48. The first kappa shape index (κ1) is 78.2. The maximum absolute atomic E-state index is 13.7. The van der Waals surface area contributed by atoms with Crippen LogP contribution in [0.15, 0.2) is 105 Å². The number of Topliss-reactive ketones (excluding diaryl/α,β-unsaturated/α-hetero) is 2. The molecule has 2 aliphatic heterocycles. The first-order valence-corrected chi connectivity index (χ1v) is 29.3. The molecule has 0 aromatic heterocycles. The zero-order chi connectivity index (χ0) is 66.4. The van der Waals surface area contributed by atoms with E-state index in [0.717, 1.165) is 12.2 Å². The molecule has 498 valence electrons. The van der Waals surface area contributed by atoms with Gasteiger partial charge >= 0.3 is 12.2 Å². The molecule has 0 fully saturated rings. The lowest BCUT2D eigenvalue weighted by atomic mass is 9.85. The number of ether oxygens (including phenoxy) is 6. The number of fused-ring (bicyclic) bond motifs is 4. The van der Waals surface area contributed by atoms with E-state index in [0.29, 0.717) is 37.1 Å². The summed E-state index contributed by atoms with van der Waals surface area (Å²) in [5, 5.41) is 55.7. The van der Waals surface area contributed by atoms with Crippen LogP contribution >= 0.6 is 0 Å². The Hall–Kier alpha value is -6.94. The molecule has 14 atom stereocenters. The number of carbonyl (C=O) groups excluding carboxylic acids is 8. The molecule has 0 aromatic rings. The molecule has 2 unspecified atom stereocenters. The molecule has 4 bridgehead atoms. The van der Waals surface area contributed by atoms with Crippen LogP contribution in [0.4, 0.5) is 9.59 Å². The third kappa shape index (κ3) is 22.8. The van der Waals surface area contributed by atoms with Gasteiger partial charge in [-0.25, -0.2) is 9.59 Å². The van der Waals surface area contributed by atoms with E-state index in [1.54, 1.807) is 45.9 Å². The number of aliphatic hydroxyl groups excluding tert-OH is 4. The quantitative estimate of drug-likeness (QED) is 0.0932. The van der Waals surface area contributed by atoms with Crippen molar-refractivity contribution in [3.05, 3.63) is 105 Å². The minimum atomic E-state index is -1.25. The van der Waals surface area contributed by atoms with Gasteiger partial charge in [0.05, 0.1) is 59.4 Å². The molecule has 4 rings (SSSR count). The van der Waals surface area contributed by atoms with Gasteiger partial charge in [-0.1, -0.05) is 65.5 Å². The summed E-state index contributed by atoms with van der Waals surface area (Å²) in [7, 11) is 9.40. The smallest absolute Gasteiger partial charge is 0.405 e. The van der Waals surface area contributed by atoms with Crippen molar-refractivity contribution >= 4 is 47.1 Å². The number of carbonyl (C=O) groups is 8. The van der Waals surface area contributed by atoms with Crippen molar-refractivity contribution < 1.29 is 87.2 Å². The maximum Gasteiger partial charge on any atom is 0.405 e. The summed E-state index contributed by atoms with van der Waals surface area (Å²) in [6, 6.07) is 0. The van der Waals surface area contributed by atoms with Gasteiger partial charge in [0.1, 0.15) is 12.2 Å². The summed E-state index contributed by atoms with van der Waals surface area (Å²) < 4.78 is 33.0. The normalized spacial score (nSPS) is 31.8. The molecule has 2 aliphatic carbocycles. The van der Waals surface area contributed by atoms with Crippen molar-refractivity contribution in [1.82, 2.24) is 26.2 Å². The van der Waals surface area contributed by atoms with E-state index in [1.807, 2.05) is 32.8 Å². The zero-order valence-corrected chi connectivity index (χ0v) is 53.3. The Morgan fingerprint density at radius 1 is 0.640 bits per heavy atom. The van der Waals surface area contributed by atoms with Crippen LogP contribution in [-0.2, 0) is 57.2 Å². The molecular weight excluding hydrogens is 1150 g/mol. The van der Waals surface area contributed by atoms with E-state index in [4.69, 9.17) is 39.9 Å². The number of nitrogens with one attached hydrogen (secondary N) is 4. The molecule has 89 heavy (non-hydrogen) atoms. The number of nitrogens with zero attached hydrogens (tertiary/aromatic N) is 1. The monoisotopic (exact) mass is 1250 g/mol. The Morgan fingerprint density at radius 2 is 1.01 bits per heavy atom. The van der Waals surface area contributed by atoms with Gasteiger partial charge in [-0.15, -0.1) is 6.58 Å². The van der Waals surface area contributed by atoms with Crippen LogP contribution in [0.3, 0.4) is 0 Å². The van der Waals surface area contributed by atoms with Crippen LogP contribution < -0.4 is 32.7 Å². The molecule has 0 spiro atoms. The molecule has 12 N–H and O–H groups in total. The van der Waals surface area contributed by atoms with Crippen molar-refractivity contribution in [2.75, 3.05) is 62.2 Å². The van der Waals surface area contributed by atoms with Crippen LogP contribution in [0.1, 0.15) is 101 Å². The summed E-state index contributed by atoms with van der Waals surface area (Å²) in [6.07, 6.45) is -1.47. The average molecular weight is 1250 g/mol. The number of allylic oxidation sites excluding steroid dienone is 4. The van der Waals surface area contributed by atoms with Gasteiger partial charge in [-0.05, 0) is 103 Å². The molecule has 2 heterocycles. The highest BCUT2D eigenvalue weighted by Crippen LogP contribution is 2.32. The van der Waals surface area contributed by atoms with Gasteiger partial charge in [0.25, 0.3) is 11.8 Å².